The topological polar surface area (TPSA) is 86.1 Å². The first-order valence-corrected chi connectivity index (χ1v) is 8.93. The van der Waals surface area contributed by atoms with Crippen LogP contribution in [0.25, 0.3) is 0 Å². The summed E-state index contributed by atoms with van der Waals surface area (Å²) in [6.07, 6.45) is 0. The van der Waals surface area contributed by atoms with Crippen molar-refractivity contribution >= 4 is 29.4 Å². The van der Waals surface area contributed by atoms with Gasteiger partial charge in [0.25, 0.3) is 5.54 Å². The van der Waals surface area contributed by atoms with Crippen LogP contribution < -0.4 is 10.2 Å². The molecule has 1 atom stereocenters. The molecule has 27 heavy (non-hydrogen) atoms. The summed E-state index contributed by atoms with van der Waals surface area (Å²) in [5.41, 5.74) is -1.80. The van der Waals surface area contributed by atoms with E-state index in [9.17, 15) is 18.8 Å². The third-order valence-electron chi connectivity index (χ3n) is 3.74. The number of esters is 2. The summed E-state index contributed by atoms with van der Waals surface area (Å²) in [5.74, 6) is -2.97. The second-order valence-electron chi connectivity index (χ2n) is 6.04. The molecule has 0 aliphatic heterocycles. The fourth-order valence-corrected chi connectivity index (χ4v) is 2.93. The highest BCUT2D eigenvalue weighted by Gasteiger charge is 2.53. The number of nitrogens with one attached hydrogen (secondary N) is 2. The molecule has 1 unspecified atom stereocenters. The maximum Gasteiger partial charge on any atom is 0.349 e. The van der Waals surface area contributed by atoms with E-state index >= 15 is 0 Å². The largest absolute Gasteiger partial charge is 0.464 e. The highest BCUT2D eigenvalue weighted by molar-refractivity contribution is 6.31. The van der Waals surface area contributed by atoms with Gasteiger partial charge >= 0.3 is 11.9 Å². The summed E-state index contributed by atoms with van der Waals surface area (Å²) in [6.45, 7) is 4.22. The van der Waals surface area contributed by atoms with Crippen molar-refractivity contribution in [2.45, 2.75) is 32.9 Å². The zero-order valence-electron chi connectivity index (χ0n) is 15.9. The Morgan fingerprint density at radius 2 is 1.74 bits per heavy atom. The fourth-order valence-electron chi connectivity index (χ4n) is 2.70. The molecule has 0 aliphatic carbocycles. The van der Waals surface area contributed by atoms with Gasteiger partial charge in [0.15, 0.2) is 0 Å². The molecule has 1 rings (SSSR count). The molecule has 0 saturated heterocycles. The lowest BCUT2D eigenvalue weighted by atomic mass is 9.98. The molecule has 0 aliphatic rings. The summed E-state index contributed by atoms with van der Waals surface area (Å²) >= 11 is 6.05. The minimum Gasteiger partial charge on any atom is -0.464 e. The second-order valence-corrected chi connectivity index (χ2v) is 6.45. The van der Waals surface area contributed by atoms with E-state index in [-0.39, 0.29) is 36.9 Å². The molecule has 1 aromatic rings. The SMILES string of the molecule is CCOC(=O)C(C[NH+](C)Cc1c(F)cccc1Cl)(NC(C)=O)C(=O)OCC. The van der Waals surface area contributed by atoms with Gasteiger partial charge in [0.05, 0.1) is 30.8 Å². The molecule has 0 saturated carbocycles. The predicted molar refractivity (Wildman–Crippen MR) is 96.7 cm³/mol. The van der Waals surface area contributed by atoms with Gasteiger partial charge in [0.2, 0.25) is 5.91 Å². The van der Waals surface area contributed by atoms with Crippen molar-refractivity contribution in [1.29, 1.82) is 0 Å². The molecule has 0 aromatic heterocycles. The molecule has 150 valence electrons. The maximum absolute atomic E-state index is 14.1. The van der Waals surface area contributed by atoms with Gasteiger partial charge in [-0.25, -0.2) is 14.0 Å². The molecule has 2 N–H and O–H groups in total. The number of carbonyl (C=O) groups excluding carboxylic acids is 3. The Labute approximate surface area is 162 Å². The van der Waals surface area contributed by atoms with Gasteiger partial charge in [-0.3, -0.25) is 4.79 Å². The quantitative estimate of drug-likeness (QED) is 0.463. The van der Waals surface area contributed by atoms with Crippen LogP contribution in [0.3, 0.4) is 0 Å². The first-order chi connectivity index (χ1) is 12.7. The average molecular weight is 404 g/mol. The Kier molecular flexibility index (Phi) is 8.65. The zero-order valence-corrected chi connectivity index (χ0v) is 16.6. The molecule has 0 bridgehead atoms. The van der Waals surface area contributed by atoms with E-state index in [1.807, 2.05) is 0 Å². The Bertz CT molecular complexity index is 660. The summed E-state index contributed by atoms with van der Waals surface area (Å²) in [6, 6.07) is 4.30. The monoisotopic (exact) mass is 403 g/mol. The van der Waals surface area contributed by atoms with Gasteiger partial charge in [-0.15, -0.1) is 0 Å². The molecule has 0 spiro atoms. The number of rotatable bonds is 9. The lowest BCUT2D eigenvalue weighted by Crippen LogP contribution is -3.11. The number of carbonyl (C=O) groups is 3. The first kappa shape index (κ1) is 22.9. The highest BCUT2D eigenvalue weighted by Crippen LogP contribution is 2.18. The third-order valence-corrected chi connectivity index (χ3v) is 4.10. The van der Waals surface area contributed by atoms with Crippen molar-refractivity contribution in [3.05, 3.63) is 34.6 Å². The number of hydrogen-bond donors (Lipinski definition) is 2. The maximum atomic E-state index is 14.1. The minimum absolute atomic E-state index is 0.0117. The van der Waals surface area contributed by atoms with Crippen LogP contribution >= 0.6 is 11.6 Å². The van der Waals surface area contributed by atoms with E-state index in [1.165, 1.54) is 19.1 Å². The Morgan fingerprint density at radius 3 is 2.19 bits per heavy atom. The van der Waals surface area contributed by atoms with Crippen LogP contribution in [-0.4, -0.2) is 50.2 Å². The highest BCUT2D eigenvalue weighted by atomic mass is 35.5. The number of quaternary nitrogens is 1. The second kappa shape index (κ2) is 10.2. The minimum atomic E-state index is -2.04. The van der Waals surface area contributed by atoms with Crippen LogP contribution in [0.1, 0.15) is 26.3 Å². The van der Waals surface area contributed by atoms with Crippen LogP contribution in [0.4, 0.5) is 4.39 Å². The van der Waals surface area contributed by atoms with Gasteiger partial charge in [0, 0.05) is 6.92 Å². The molecule has 7 nitrogen and oxygen atoms in total. The van der Waals surface area contributed by atoms with Gasteiger partial charge in [-0.2, -0.15) is 0 Å². The Morgan fingerprint density at radius 1 is 1.19 bits per heavy atom. The molecular weight excluding hydrogens is 379 g/mol. The van der Waals surface area contributed by atoms with Gasteiger partial charge in [0.1, 0.15) is 18.9 Å². The number of amides is 1. The van der Waals surface area contributed by atoms with Crippen LogP contribution in [0.15, 0.2) is 18.2 Å². The molecule has 0 radical (unpaired) electrons. The van der Waals surface area contributed by atoms with Crippen LogP contribution in [0.5, 0.6) is 0 Å². The summed E-state index contributed by atoms with van der Waals surface area (Å²) in [7, 11) is 1.64. The van der Waals surface area contributed by atoms with Crippen molar-refractivity contribution < 1.29 is 33.1 Å². The molecule has 9 heteroatoms. The fraction of sp³-hybridized carbons (Fsp3) is 0.500. The summed E-state index contributed by atoms with van der Waals surface area (Å²) in [4.78, 5) is 37.4. The van der Waals surface area contributed by atoms with E-state index in [1.54, 1.807) is 27.0 Å². The molecule has 1 amide bonds. The van der Waals surface area contributed by atoms with E-state index in [2.05, 4.69) is 5.32 Å². The van der Waals surface area contributed by atoms with Gasteiger partial charge in [-0.1, -0.05) is 17.7 Å². The van der Waals surface area contributed by atoms with Crippen LogP contribution in [-0.2, 0) is 30.4 Å². The van der Waals surface area contributed by atoms with Crippen molar-refractivity contribution in [2.24, 2.45) is 0 Å². The molecular formula is C18H25ClFN2O5+. The lowest BCUT2D eigenvalue weighted by molar-refractivity contribution is -0.895. The Balaban J connectivity index is 3.22. The number of benzene rings is 1. The predicted octanol–water partition coefficient (Wildman–Crippen LogP) is 0.495. The van der Waals surface area contributed by atoms with E-state index in [0.717, 1.165) is 0 Å². The van der Waals surface area contributed by atoms with Crippen molar-refractivity contribution in [3.63, 3.8) is 0 Å². The molecule has 0 fully saturated rings. The number of hydrogen-bond acceptors (Lipinski definition) is 5. The third kappa shape index (κ3) is 5.90. The standard InChI is InChI=1S/C18H24ClFN2O5/c1-5-26-16(24)18(21-12(3)23,17(25)27-6-2)11-22(4)10-13-14(19)8-7-9-15(13)20/h7-9H,5-6,10-11H2,1-4H3,(H,21,23)/p+1. The van der Waals surface area contributed by atoms with E-state index in [0.29, 0.717) is 4.90 Å². The average Bonchev–Trinajstić information content (AvgIpc) is 2.57. The van der Waals surface area contributed by atoms with E-state index < -0.39 is 29.2 Å². The summed E-state index contributed by atoms with van der Waals surface area (Å²) < 4.78 is 24.1. The van der Waals surface area contributed by atoms with Gasteiger partial charge in [-0.05, 0) is 26.0 Å². The first-order valence-electron chi connectivity index (χ1n) is 8.55. The lowest BCUT2D eigenvalue weighted by Gasteiger charge is -2.31. The number of halogens is 2. The normalized spacial score (nSPS) is 12.2. The Hall–Kier alpha value is -2.19. The molecule has 1 aromatic carbocycles. The number of ether oxygens (including phenoxy) is 2. The van der Waals surface area contributed by atoms with Gasteiger partial charge < -0.3 is 19.7 Å². The van der Waals surface area contributed by atoms with E-state index in [4.69, 9.17) is 21.1 Å². The van der Waals surface area contributed by atoms with Crippen molar-refractivity contribution in [2.75, 3.05) is 26.8 Å². The van der Waals surface area contributed by atoms with Crippen molar-refractivity contribution in [1.82, 2.24) is 5.32 Å². The molecule has 0 heterocycles. The van der Waals surface area contributed by atoms with Crippen molar-refractivity contribution in [3.8, 4) is 0 Å². The van der Waals surface area contributed by atoms with Crippen LogP contribution in [0, 0.1) is 5.82 Å². The smallest absolute Gasteiger partial charge is 0.349 e. The number of likely N-dealkylation sites (N-methyl/N-ethyl adjacent to an activating group) is 1. The van der Waals surface area contributed by atoms with Crippen LogP contribution in [0.2, 0.25) is 5.02 Å². The zero-order chi connectivity index (χ0) is 20.6. The summed E-state index contributed by atoms with van der Waals surface area (Å²) in [5, 5.41) is 2.60.